The number of aryl methyl sites for hydroxylation is 1. The molecule has 0 saturated carbocycles. The van der Waals surface area contributed by atoms with Crippen molar-refractivity contribution in [2.75, 3.05) is 6.16 Å². The van der Waals surface area contributed by atoms with Crippen LogP contribution in [-0.4, -0.2) is 33.2 Å². The fourth-order valence-corrected chi connectivity index (χ4v) is 3.58. The number of rotatable bonds is 11. The van der Waals surface area contributed by atoms with Crippen LogP contribution < -0.4 is 0 Å². The Hall–Kier alpha value is -1.78. The molecule has 0 amide bonds. The zero-order chi connectivity index (χ0) is 17.3. The minimum absolute atomic E-state index is 0.134. The smallest absolute Gasteiger partial charge is 0.481 e. The molecule has 0 aromatic heterocycles. The Balaban J connectivity index is 2.65. The normalized spacial score (nSPS) is 14.0. The van der Waals surface area contributed by atoms with Gasteiger partial charge in [-0.1, -0.05) is 36.8 Å². The summed E-state index contributed by atoms with van der Waals surface area (Å²) in [5.41, 5.74) is -0.302. The Morgan fingerprint density at radius 2 is 1.70 bits per heavy atom. The molecule has 126 valence electrons. The molecule has 7 heteroatoms. The molecule has 23 heavy (non-hydrogen) atoms. The van der Waals surface area contributed by atoms with Gasteiger partial charge in [-0.15, -0.1) is 0 Å². The number of benzene rings is 1. The molecule has 1 aromatic carbocycles. The Bertz CT molecular complexity index is 545. The summed E-state index contributed by atoms with van der Waals surface area (Å²) in [5, 5.41) is 18.3. The molecular formula is C16H22O6P+. The van der Waals surface area contributed by atoms with Crippen LogP contribution in [-0.2, 0) is 20.6 Å². The average Bonchev–Trinajstić information content (AvgIpc) is 2.49. The van der Waals surface area contributed by atoms with E-state index in [1.807, 2.05) is 30.3 Å². The molecule has 0 fully saturated rings. The van der Waals surface area contributed by atoms with Gasteiger partial charge in [0.05, 0.1) is 0 Å². The lowest BCUT2D eigenvalue weighted by molar-refractivity contribution is -0.149. The van der Waals surface area contributed by atoms with E-state index in [1.54, 1.807) is 0 Å². The van der Waals surface area contributed by atoms with Crippen LogP contribution >= 0.6 is 8.03 Å². The molecule has 0 bridgehead atoms. The molecule has 0 saturated heterocycles. The summed E-state index contributed by atoms with van der Waals surface area (Å²) < 4.78 is 11.2. The van der Waals surface area contributed by atoms with Gasteiger partial charge in [0.2, 0.25) is 0 Å². The predicted molar refractivity (Wildman–Crippen MR) is 85.6 cm³/mol. The van der Waals surface area contributed by atoms with Gasteiger partial charge in [0.1, 0.15) is 5.41 Å². The minimum atomic E-state index is -2.64. The fraction of sp³-hybridized carbons (Fsp3) is 0.500. The molecule has 2 unspecified atom stereocenters. The first-order valence-electron chi connectivity index (χ1n) is 7.48. The third-order valence-electron chi connectivity index (χ3n) is 3.92. The third kappa shape index (κ3) is 6.89. The van der Waals surface area contributed by atoms with Crippen molar-refractivity contribution in [3.63, 3.8) is 0 Å². The summed E-state index contributed by atoms with van der Waals surface area (Å²) in [7, 11) is -2.64. The molecule has 0 aliphatic carbocycles. The van der Waals surface area contributed by atoms with E-state index < -0.39 is 31.5 Å². The highest BCUT2D eigenvalue weighted by atomic mass is 31.1. The zero-order valence-corrected chi connectivity index (χ0v) is 13.7. The zero-order valence-electron chi connectivity index (χ0n) is 12.9. The lowest BCUT2D eigenvalue weighted by Crippen LogP contribution is -2.34. The third-order valence-corrected chi connectivity index (χ3v) is 4.80. The standard InChI is InChI=1S/C16H21O6P/c17-14(18)9-11-16(15(19)20,12-23(21)22)10-5-4-8-13-6-2-1-3-7-13/h1-3,6-7H,4-5,8-12H2,(H2-,17,18,19,20,21,22)/p+1. The van der Waals surface area contributed by atoms with E-state index in [1.165, 1.54) is 0 Å². The fourth-order valence-electron chi connectivity index (χ4n) is 2.61. The van der Waals surface area contributed by atoms with Crippen molar-refractivity contribution in [3.05, 3.63) is 35.9 Å². The quantitative estimate of drug-likeness (QED) is 0.421. The first kappa shape index (κ1) is 19.3. The number of aliphatic carboxylic acids is 2. The molecule has 1 aromatic rings. The van der Waals surface area contributed by atoms with Gasteiger partial charge in [-0.2, -0.15) is 4.89 Å². The number of hydrogen-bond donors (Lipinski definition) is 3. The van der Waals surface area contributed by atoms with Crippen LogP contribution in [0.3, 0.4) is 0 Å². The summed E-state index contributed by atoms with van der Waals surface area (Å²) in [4.78, 5) is 31.5. The Morgan fingerprint density at radius 3 is 2.22 bits per heavy atom. The van der Waals surface area contributed by atoms with Crippen molar-refractivity contribution in [1.29, 1.82) is 0 Å². The number of carboxylic acid groups (broad SMARTS) is 2. The van der Waals surface area contributed by atoms with Crippen LogP contribution in [0.25, 0.3) is 0 Å². The second-order valence-electron chi connectivity index (χ2n) is 5.68. The van der Waals surface area contributed by atoms with Gasteiger partial charge in [0, 0.05) is 6.42 Å². The number of unbranched alkanes of at least 4 members (excludes halogenated alkanes) is 1. The van der Waals surface area contributed by atoms with E-state index in [-0.39, 0.29) is 19.3 Å². The highest BCUT2D eigenvalue weighted by molar-refractivity contribution is 7.38. The lowest BCUT2D eigenvalue weighted by atomic mass is 9.80. The second-order valence-corrected chi connectivity index (χ2v) is 6.70. The van der Waals surface area contributed by atoms with Crippen molar-refractivity contribution in [2.24, 2.45) is 5.41 Å². The van der Waals surface area contributed by atoms with E-state index >= 15 is 0 Å². The summed E-state index contributed by atoms with van der Waals surface area (Å²) in [6, 6.07) is 9.75. The van der Waals surface area contributed by atoms with Crippen LogP contribution in [0.15, 0.2) is 30.3 Å². The SMILES string of the molecule is O=C(O)CCC(CCCCc1ccccc1)(C[P+](=O)O)C(=O)O. The Labute approximate surface area is 136 Å². The average molecular weight is 341 g/mol. The first-order chi connectivity index (χ1) is 10.9. The van der Waals surface area contributed by atoms with Crippen LogP contribution in [0, 0.1) is 5.41 Å². The molecule has 3 N–H and O–H groups in total. The predicted octanol–water partition coefficient (Wildman–Crippen LogP) is 3.07. The minimum Gasteiger partial charge on any atom is -0.481 e. The lowest BCUT2D eigenvalue weighted by Gasteiger charge is -2.24. The maximum absolute atomic E-state index is 11.6. The van der Waals surface area contributed by atoms with E-state index in [9.17, 15) is 19.3 Å². The van der Waals surface area contributed by atoms with Crippen molar-refractivity contribution < 1.29 is 29.3 Å². The van der Waals surface area contributed by atoms with Crippen molar-refractivity contribution in [1.82, 2.24) is 0 Å². The van der Waals surface area contributed by atoms with E-state index in [4.69, 9.17) is 10.00 Å². The van der Waals surface area contributed by atoms with Crippen molar-refractivity contribution in [3.8, 4) is 0 Å². The summed E-state index contributed by atoms with van der Waals surface area (Å²) in [5.74, 6) is -2.30. The molecule has 0 aliphatic heterocycles. The molecule has 0 spiro atoms. The molecule has 0 aliphatic rings. The van der Waals surface area contributed by atoms with Crippen LogP contribution in [0.4, 0.5) is 0 Å². The summed E-state index contributed by atoms with van der Waals surface area (Å²) in [6.07, 6.45) is 1.43. The Kier molecular flexibility index (Phi) is 7.86. The maximum Gasteiger partial charge on any atom is 0.506 e. The van der Waals surface area contributed by atoms with Gasteiger partial charge in [-0.05, 0) is 35.8 Å². The molecule has 0 heterocycles. The summed E-state index contributed by atoms with van der Waals surface area (Å²) in [6.45, 7) is 0. The largest absolute Gasteiger partial charge is 0.506 e. The summed E-state index contributed by atoms with van der Waals surface area (Å²) >= 11 is 0. The van der Waals surface area contributed by atoms with E-state index in [2.05, 4.69) is 0 Å². The van der Waals surface area contributed by atoms with Gasteiger partial charge in [-0.25, -0.2) is 0 Å². The monoisotopic (exact) mass is 341 g/mol. The molecule has 2 atom stereocenters. The van der Waals surface area contributed by atoms with Gasteiger partial charge < -0.3 is 10.2 Å². The van der Waals surface area contributed by atoms with Crippen molar-refractivity contribution in [2.45, 2.75) is 38.5 Å². The molecule has 6 nitrogen and oxygen atoms in total. The Morgan fingerprint density at radius 1 is 1.04 bits per heavy atom. The van der Waals surface area contributed by atoms with Crippen LogP contribution in [0.5, 0.6) is 0 Å². The van der Waals surface area contributed by atoms with E-state index in [0.717, 1.165) is 18.4 Å². The van der Waals surface area contributed by atoms with Gasteiger partial charge in [0.15, 0.2) is 6.16 Å². The highest BCUT2D eigenvalue weighted by Crippen LogP contribution is 2.38. The van der Waals surface area contributed by atoms with Gasteiger partial charge in [-0.3, -0.25) is 9.59 Å². The van der Waals surface area contributed by atoms with Crippen LogP contribution in [0.1, 0.15) is 37.7 Å². The number of carboxylic acids is 2. The maximum atomic E-state index is 11.6. The van der Waals surface area contributed by atoms with E-state index in [0.29, 0.717) is 6.42 Å². The molecule has 0 radical (unpaired) electrons. The topological polar surface area (TPSA) is 112 Å². The number of hydrogen-bond acceptors (Lipinski definition) is 3. The van der Waals surface area contributed by atoms with Crippen molar-refractivity contribution >= 4 is 20.0 Å². The molecular weight excluding hydrogens is 319 g/mol. The number of carbonyl (C=O) groups is 2. The van der Waals surface area contributed by atoms with Crippen LogP contribution in [0.2, 0.25) is 0 Å². The molecule has 1 rings (SSSR count). The van der Waals surface area contributed by atoms with Gasteiger partial charge >= 0.3 is 20.0 Å². The van der Waals surface area contributed by atoms with Gasteiger partial charge in [0.25, 0.3) is 0 Å². The highest BCUT2D eigenvalue weighted by Gasteiger charge is 2.45. The first-order valence-corrected chi connectivity index (χ1v) is 8.88. The second kappa shape index (κ2) is 9.38.